The molecule has 260 valence electrons. The predicted molar refractivity (Wildman–Crippen MR) is 180 cm³/mol. The van der Waals surface area contributed by atoms with E-state index in [1.54, 1.807) is 57.0 Å². The van der Waals surface area contributed by atoms with Crippen molar-refractivity contribution in [3.8, 4) is 0 Å². The van der Waals surface area contributed by atoms with Crippen LogP contribution < -0.4 is 5.32 Å². The van der Waals surface area contributed by atoms with Gasteiger partial charge in [-0.05, 0) is 92.3 Å². The SMILES string of the molecule is CCN1C[C@]2(OC(=O)c3ccccc3NC(=O)/C=C/c3cncc(C)c3)CC[C@H](OC)[C@]34C1[C@@H](C[C@H]23)[C@@]1(O)C[C@H](OC)C2[C@H]3C[C@@H]4[C@]1(O)[C@@H]23. The summed E-state index contributed by atoms with van der Waals surface area (Å²) in [5.41, 5.74) is -1.33. The molecule has 6 aliphatic carbocycles. The van der Waals surface area contributed by atoms with Crippen LogP contribution in [0.3, 0.4) is 0 Å². The van der Waals surface area contributed by atoms with E-state index in [9.17, 15) is 19.8 Å². The molecule has 6 saturated carbocycles. The van der Waals surface area contributed by atoms with E-state index < -0.39 is 28.2 Å². The number of hydrogen-bond acceptors (Lipinski definition) is 9. The summed E-state index contributed by atoms with van der Waals surface area (Å²) in [5.74, 6) is -0.665. The average molecular weight is 670 g/mol. The fourth-order valence-corrected chi connectivity index (χ4v) is 13.2. The van der Waals surface area contributed by atoms with E-state index in [4.69, 9.17) is 14.2 Å². The molecule has 7 fully saturated rings. The number of likely N-dealkylation sites (N-methyl/N-ethyl adjacent to an activating group) is 1. The zero-order valence-corrected chi connectivity index (χ0v) is 28.7. The van der Waals surface area contributed by atoms with Gasteiger partial charge in [0.2, 0.25) is 5.91 Å². The van der Waals surface area contributed by atoms with Crippen molar-refractivity contribution < 1.29 is 34.0 Å². The second-order valence-electron chi connectivity index (χ2n) is 16.1. The zero-order valence-electron chi connectivity index (χ0n) is 28.7. The first-order valence-corrected chi connectivity index (χ1v) is 18.0. The molecule has 9 rings (SSSR count). The van der Waals surface area contributed by atoms with Crippen LogP contribution >= 0.6 is 0 Å². The van der Waals surface area contributed by atoms with Gasteiger partial charge in [0.25, 0.3) is 0 Å². The first-order valence-electron chi connectivity index (χ1n) is 18.0. The summed E-state index contributed by atoms with van der Waals surface area (Å²) < 4.78 is 19.2. The number of nitrogens with one attached hydrogen (secondary N) is 1. The van der Waals surface area contributed by atoms with Crippen LogP contribution in [-0.2, 0) is 19.0 Å². The Kier molecular flexibility index (Phi) is 6.93. The second-order valence-corrected chi connectivity index (χ2v) is 16.1. The summed E-state index contributed by atoms with van der Waals surface area (Å²) in [6, 6.07) is 8.93. The van der Waals surface area contributed by atoms with E-state index >= 15 is 0 Å². The van der Waals surface area contributed by atoms with Crippen LogP contribution in [0.25, 0.3) is 6.08 Å². The largest absolute Gasteiger partial charge is 0.454 e. The fraction of sp³-hybridized carbons (Fsp3) is 0.615. The molecule has 1 amide bonds. The normalized spacial score (nSPS) is 45.2. The smallest absolute Gasteiger partial charge is 0.340 e. The summed E-state index contributed by atoms with van der Waals surface area (Å²) in [5, 5.41) is 28.8. The molecule has 10 heteroatoms. The van der Waals surface area contributed by atoms with Crippen molar-refractivity contribution in [3.05, 3.63) is 65.5 Å². The molecule has 1 aliphatic heterocycles. The number of piperidine rings is 1. The molecule has 1 spiro atoms. The van der Waals surface area contributed by atoms with Crippen LogP contribution in [0.5, 0.6) is 0 Å². The highest BCUT2D eigenvalue weighted by Crippen LogP contribution is 2.84. The van der Waals surface area contributed by atoms with Crippen molar-refractivity contribution in [2.75, 3.05) is 32.6 Å². The number of benzene rings is 1. The van der Waals surface area contributed by atoms with Gasteiger partial charge in [-0.3, -0.25) is 14.7 Å². The van der Waals surface area contributed by atoms with Gasteiger partial charge in [0.05, 0.1) is 23.5 Å². The molecule has 3 N–H and O–H groups in total. The van der Waals surface area contributed by atoms with E-state index in [1.165, 1.54) is 6.08 Å². The summed E-state index contributed by atoms with van der Waals surface area (Å²) in [7, 11) is 3.52. The molecular formula is C39H47N3O7. The lowest BCUT2D eigenvalue weighted by molar-refractivity contribution is -0.333. The third-order valence-corrected chi connectivity index (χ3v) is 14.5. The van der Waals surface area contributed by atoms with Crippen LogP contribution in [0.4, 0.5) is 5.69 Å². The zero-order chi connectivity index (χ0) is 34.1. The number of ether oxygens (including phenoxy) is 3. The molecule has 10 nitrogen and oxygen atoms in total. The van der Waals surface area contributed by atoms with Gasteiger partial charge in [0.15, 0.2) is 0 Å². The number of pyridine rings is 1. The number of para-hydroxylation sites is 1. The predicted octanol–water partition coefficient (Wildman–Crippen LogP) is 3.85. The summed E-state index contributed by atoms with van der Waals surface area (Å²) in [6.07, 6.45) is 9.64. The van der Waals surface area contributed by atoms with E-state index in [0.29, 0.717) is 49.4 Å². The van der Waals surface area contributed by atoms with E-state index in [1.807, 2.05) is 13.0 Å². The van der Waals surface area contributed by atoms with Crippen LogP contribution in [0, 0.1) is 47.8 Å². The lowest BCUT2D eigenvalue weighted by atomic mass is 9.42. The van der Waals surface area contributed by atoms with Gasteiger partial charge < -0.3 is 29.7 Å². The minimum Gasteiger partial charge on any atom is -0.454 e. The molecule has 7 aliphatic rings. The maximum atomic E-state index is 14.4. The molecule has 1 saturated heterocycles. The number of anilines is 1. The number of likely N-dealkylation sites (tertiary alicyclic amines) is 1. The third kappa shape index (κ3) is 3.92. The number of carbonyl (C=O) groups excluding carboxylic acids is 2. The standard InChI is InChI=1S/C39H47N3O7/c1-5-42-20-36(49-35(44)23-8-6-7-9-26(23)41-31(43)11-10-22-14-21(2)18-40-19-22)13-12-30(48-4)38-28(36)16-25(34(38)42)37(45)17-27(47-3)32-24-15-29(38)39(37,46)33(24)32/h6-11,14,18-19,24-25,27-30,32-34,45-46H,5,12-13,15-17,20H2,1-4H3,(H,41,43)/b11-10+/t24-,25-,27+,28-,29+,30+,32?,33-,34?,36-,37+,38+,39+/m1/s1. The Labute approximate surface area is 287 Å². The lowest BCUT2D eigenvalue weighted by Gasteiger charge is -2.71. The topological polar surface area (TPSA) is 130 Å². The summed E-state index contributed by atoms with van der Waals surface area (Å²) >= 11 is 0. The maximum Gasteiger partial charge on any atom is 0.340 e. The first-order chi connectivity index (χ1) is 23.6. The highest BCUT2D eigenvalue weighted by molar-refractivity contribution is 6.06. The highest BCUT2D eigenvalue weighted by Gasteiger charge is 2.92. The van der Waals surface area contributed by atoms with Gasteiger partial charge in [-0.1, -0.05) is 19.1 Å². The van der Waals surface area contributed by atoms with Gasteiger partial charge in [-0.15, -0.1) is 0 Å². The van der Waals surface area contributed by atoms with Gasteiger partial charge in [0, 0.05) is 74.9 Å². The number of aromatic nitrogens is 1. The Morgan fingerprint density at radius 1 is 1.12 bits per heavy atom. The summed E-state index contributed by atoms with van der Waals surface area (Å²) in [4.78, 5) is 34.0. The number of esters is 1. The van der Waals surface area contributed by atoms with Crippen LogP contribution in [0.1, 0.15) is 60.5 Å². The quantitative estimate of drug-likeness (QED) is 0.284. The highest BCUT2D eigenvalue weighted by atomic mass is 16.6. The van der Waals surface area contributed by atoms with Crippen molar-refractivity contribution in [2.45, 2.75) is 81.0 Å². The van der Waals surface area contributed by atoms with Crippen LogP contribution in [0.2, 0.25) is 0 Å². The molecule has 1 aromatic heterocycles. The molecule has 2 heterocycles. The van der Waals surface area contributed by atoms with Crippen LogP contribution in [-0.4, -0.2) is 94.3 Å². The average Bonchev–Trinajstić information content (AvgIpc) is 3.64. The number of amides is 1. The van der Waals surface area contributed by atoms with Gasteiger partial charge in [-0.25, -0.2) is 4.79 Å². The minimum atomic E-state index is -1.29. The number of rotatable bonds is 8. The Bertz CT molecular complexity index is 1750. The fourth-order valence-electron chi connectivity index (χ4n) is 13.2. The monoisotopic (exact) mass is 669 g/mol. The number of nitrogens with zero attached hydrogens (tertiary/aromatic N) is 2. The molecular weight excluding hydrogens is 622 g/mol. The molecule has 2 aromatic rings. The Hall–Kier alpha value is -3.15. The molecule has 13 atom stereocenters. The van der Waals surface area contributed by atoms with E-state index in [0.717, 1.165) is 24.1 Å². The van der Waals surface area contributed by atoms with Crippen LogP contribution in [0.15, 0.2) is 48.8 Å². The molecule has 49 heavy (non-hydrogen) atoms. The number of fused-ring (bicyclic) bond motifs is 2. The molecule has 0 radical (unpaired) electrons. The van der Waals surface area contributed by atoms with Gasteiger partial charge in [0.1, 0.15) is 16.8 Å². The maximum absolute atomic E-state index is 14.4. The van der Waals surface area contributed by atoms with Crippen molar-refractivity contribution in [1.29, 1.82) is 0 Å². The molecule has 1 aromatic carbocycles. The summed E-state index contributed by atoms with van der Waals surface area (Å²) in [6.45, 7) is 5.37. The third-order valence-electron chi connectivity index (χ3n) is 14.5. The first kappa shape index (κ1) is 31.8. The Balaban J connectivity index is 1.07. The van der Waals surface area contributed by atoms with E-state index in [2.05, 4.69) is 22.1 Å². The minimum absolute atomic E-state index is 0.00312. The van der Waals surface area contributed by atoms with Crippen molar-refractivity contribution in [1.82, 2.24) is 9.88 Å². The number of carbonyl (C=O) groups is 2. The van der Waals surface area contributed by atoms with E-state index in [-0.39, 0.29) is 53.7 Å². The van der Waals surface area contributed by atoms with Crippen molar-refractivity contribution in [2.24, 2.45) is 40.9 Å². The molecule has 2 unspecified atom stereocenters. The number of hydrogen-bond donors (Lipinski definition) is 3. The Morgan fingerprint density at radius 3 is 2.69 bits per heavy atom. The number of methoxy groups -OCH3 is 2. The number of aliphatic hydroxyl groups is 2. The van der Waals surface area contributed by atoms with Gasteiger partial charge >= 0.3 is 5.97 Å². The second kappa shape index (κ2) is 10.7. The van der Waals surface area contributed by atoms with Gasteiger partial charge in [-0.2, -0.15) is 0 Å². The van der Waals surface area contributed by atoms with Crippen molar-refractivity contribution in [3.63, 3.8) is 0 Å². The Morgan fingerprint density at radius 2 is 1.94 bits per heavy atom. The number of aryl methyl sites for hydroxylation is 1. The van der Waals surface area contributed by atoms with Crippen molar-refractivity contribution >= 4 is 23.6 Å². The molecule has 5 bridgehead atoms. The lowest BCUT2D eigenvalue weighted by Crippen LogP contribution is -2.82.